The summed E-state index contributed by atoms with van der Waals surface area (Å²) in [5, 5.41) is 4.76. The van der Waals surface area contributed by atoms with Crippen LogP contribution in [-0.4, -0.2) is 31.5 Å². The zero-order valence-corrected chi connectivity index (χ0v) is 11.3. The highest BCUT2D eigenvalue weighted by atomic mass is 19.4. The highest BCUT2D eigenvalue weighted by Gasteiger charge is 2.30. The van der Waals surface area contributed by atoms with Crippen LogP contribution in [-0.2, 0) is 15.8 Å². The van der Waals surface area contributed by atoms with Gasteiger partial charge in [-0.15, -0.1) is 0 Å². The second kappa shape index (κ2) is 7.51. The minimum Gasteiger partial charge on any atom is -0.484 e. The number of likely N-dealkylation sites (N-methyl/N-ethyl adjacent to an activating group) is 1. The number of hydrogen-bond acceptors (Lipinski definition) is 3. The lowest BCUT2D eigenvalue weighted by Crippen LogP contribution is -2.38. The maximum atomic E-state index is 12.5. The van der Waals surface area contributed by atoms with E-state index >= 15 is 0 Å². The smallest absolute Gasteiger partial charge is 0.416 e. The average Bonchev–Trinajstić information content (AvgIpc) is 2.42. The molecule has 0 aliphatic heterocycles. The molecule has 2 amide bonds. The van der Waals surface area contributed by atoms with Crippen LogP contribution in [0.3, 0.4) is 0 Å². The van der Waals surface area contributed by atoms with E-state index in [1.807, 2.05) is 0 Å². The lowest BCUT2D eigenvalue weighted by molar-refractivity contribution is -0.137. The van der Waals surface area contributed by atoms with Gasteiger partial charge in [0.05, 0.1) is 12.1 Å². The Hall–Kier alpha value is -2.25. The largest absolute Gasteiger partial charge is 0.484 e. The number of hydrogen-bond donors (Lipinski definition) is 2. The third-order valence-corrected chi connectivity index (χ3v) is 2.35. The van der Waals surface area contributed by atoms with Crippen molar-refractivity contribution in [2.45, 2.75) is 13.1 Å². The van der Waals surface area contributed by atoms with Gasteiger partial charge in [0.1, 0.15) is 5.75 Å². The van der Waals surface area contributed by atoms with E-state index in [0.717, 1.165) is 12.1 Å². The Morgan fingerprint density at radius 3 is 2.52 bits per heavy atom. The van der Waals surface area contributed by atoms with Crippen LogP contribution in [0.25, 0.3) is 0 Å². The number of carbonyl (C=O) groups excluding carboxylic acids is 2. The second-order valence-electron chi connectivity index (χ2n) is 4.04. The molecule has 0 saturated heterocycles. The van der Waals surface area contributed by atoms with Gasteiger partial charge in [-0.1, -0.05) is 6.07 Å². The standard InChI is InChI=1S/C13H15F3N2O3/c1-2-17-11(19)7-18-12(20)8-21-10-5-3-4-9(6-10)13(14,15)16/h3-6H,2,7-8H2,1H3,(H,17,19)(H,18,20). The Balaban J connectivity index is 2.45. The minimum absolute atomic E-state index is 0.0713. The van der Waals surface area contributed by atoms with Crippen molar-refractivity contribution < 1.29 is 27.5 Å². The number of halogens is 3. The molecule has 0 aliphatic rings. The van der Waals surface area contributed by atoms with Crippen LogP contribution in [0.5, 0.6) is 5.75 Å². The number of alkyl halides is 3. The van der Waals surface area contributed by atoms with Gasteiger partial charge < -0.3 is 15.4 Å². The molecule has 0 bridgehead atoms. The van der Waals surface area contributed by atoms with Crippen molar-refractivity contribution in [2.24, 2.45) is 0 Å². The molecule has 21 heavy (non-hydrogen) atoms. The van der Waals surface area contributed by atoms with Gasteiger partial charge >= 0.3 is 6.18 Å². The van der Waals surface area contributed by atoms with Crippen LogP contribution in [0.1, 0.15) is 12.5 Å². The molecule has 1 rings (SSSR count). The van der Waals surface area contributed by atoms with Crippen LogP contribution >= 0.6 is 0 Å². The van der Waals surface area contributed by atoms with E-state index in [9.17, 15) is 22.8 Å². The maximum Gasteiger partial charge on any atom is 0.416 e. The molecule has 8 heteroatoms. The van der Waals surface area contributed by atoms with Gasteiger partial charge in [-0.25, -0.2) is 0 Å². The molecule has 5 nitrogen and oxygen atoms in total. The number of ether oxygens (including phenoxy) is 1. The third-order valence-electron chi connectivity index (χ3n) is 2.35. The zero-order chi connectivity index (χ0) is 15.9. The molecule has 0 radical (unpaired) electrons. The first kappa shape index (κ1) is 16.8. The summed E-state index contributed by atoms with van der Waals surface area (Å²) in [6, 6.07) is 4.20. The molecule has 0 fully saturated rings. The Bertz CT molecular complexity index is 504. The van der Waals surface area contributed by atoms with Gasteiger partial charge in [-0.05, 0) is 25.1 Å². The molecular weight excluding hydrogens is 289 g/mol. The molecule has 0 aliphatic carbocycles. The predicted molar refractivity (Wildman–Crippen MR) is 68.6 cm³/mol. The normalized spacial score (nSPS) is 10.9. The summed E-state index contributed by atoms with van der Waals surface area (Å²) < 4.78 is 42.4. The van der Waals surface area contributed by atoms with E-state index < -0.39 is 24.3 Å². The molecular formula is C13H15F3N2O3. The van der Waals surface area contributed by atoms with E-state index in [-0.39, 0.29) is 18.2 Å². The number of rotatable bonds is 6. The fourth-order valence-electron chi connectivity index (χ4n) is 1.40. The summed E-state index contributed by atoms with van der Waals surface area (Å²) in [5.74, 6) is -1.03. The quantitative estimate of drug-likeness (QED) is 0.833. The summed E-state index contributed by atoms with van der Waals surface area (Å²) in [5.41, 5.74) is -0.859. The van der Waals surface area contributed by atoms with Crippen molar-refractivity contribution in [3.8, 4) is 5.75 Å². The van der Waals surface area contributed by atoms with Crippen LogP contribution < -0.4 is 15.4 Å². The van der Waals surface area contributed by atoms with Crippen molar-refractivity contribution in [3.63, 3.8) is 0 Å². The monoisotopic (exact) mass is 304 g/mol. The zero-order valence-electron chi connectivity index (χ0n) is 11.3. The molecule has 1 aromatic carbocycles. The Morgan fingerprint density at radius 2 is 1.90 bits per heavy atom. The minimum atomic E-state index is -4.47. The van der Waals surface area contributed by atoms with Crippen molar-refractivity contribution in [1.29, 1.82) is 0 Å². The van der Waals surface area contributed by atoms with Crippen LogP contribution in [0.4, 0.5) is 13.2 Å². The van der Waals surface area contributed by atoms with Crippen LogP contribution in [0, 0.1) is 0 Å². The van der Waals surface area contributed by atoms with Gasteiger partial charge in [0.25, 0.3) is 5.91 Å². The van der Waals surface area contributed by atoms with Crippen molar-refractivity contribution >= 4 is 11.8 Å². The molecule has 0 atom stereocenters. The topological polar surface area (TPSA) is 67.4 Å². The number of carbonyl (C=O) groups is 2. The van der Waals surface area contributed by atoms with E-state index in [1.54, 1.807) is 6.92 Å². The first-order valence-corrected chi connectivity index (χ1v) is 6.16. The number of nitrogens with one attached hydrogen (secondary N) is 2. The molecule has 2 N–H and O–H groups in total. The molecule has 116 valence electrons. The lowest BCUT2D eigenvalue weighted by atomic mass is 10.2. The summed E-state index contributed by atoms with van der Waals surface area (Å²) >= 11 is 0. The highest BCUT2D eigenvalue weighted by molar-refractivity contribution is 5.85. The van der Waals surface area contributed by atoms with Gasteiger partial charge in [0.15, 0.2) is 6.61 Å². The first-order chi connectivity index (χ1) is 9.82. The molecule has 0 unspecified atom stereocenters. The SMILES string of the molecule is CCNC(=O)CNC(=O)COc1cccc(C(F)(F)F)c1. The third kappa shape index (κ3) is 6.15. The van der Waals surface area contributed by atoms with Crippen molar-refractivity contribution in [2.75, 3.05) is 19.7 Å². The van der Waals surface area contributed by atoms with Gasteiger partial charge in [-0.3, -0.25) is 9.59 Å². The van der Waals surface area contributed by atoms with E-state index in [1.165, 1.54) is 12.1 Å². The fraction of sp³-hybridized carbons (Fsp3) is 0.385. The summed E-state index contributed by atoms with van der Waals surface area (Å²) in [6.45, 7) is 1.49. The Labute approximate surface area is 119 Å². The second-order valence-corrected chi connectivity index (χ2v) is 4.04. The molecule has 0 heterocycles. The van der Waals surface area contributed by atoms with Gasteiger partial charge in [0, 0.05) is 6.54 Å². The Kier molecular flexibility index (Phi) is 6.01. The first-order valence-electron chi connectivity index (χ1n) is 6.16. The van der Waals surface area contributed by atoms with E-state index in [2.05, 4.69) is 10.6 Å². The van der Waals surface area contributed by atoms with Crippen molar-refractivity contribution in [1.82, 2.24) is 10.6 Å². The Morgan fingerprint density at radius 1 is 1.19 bits per heavy atom. The van der Waals surface area contributed by atoms with Gasteiger partial charge in [-0.2, -0.15) is 13.2 Å². The maximum absolute atomic E-state index is 12.5. The average molecular weight is 304 g/mol. The van der Waals surface area contributed by atoms with Crippen molar-refractivity contribution in [3.05, 3.63) is 29.8 Å². The highest BCUT2D eigenvalue weighted by Crippen LogP contribution is 2.31. The van der Waals surface area contributed by atoms with E-state index in [0.29, 0.717) is 6.54 Å². The van der Waals surface area contributed by atoms with E-state index in [4.69, 9.17) is 4.74 Å². The number of amides is 2. The molecule has 1 aromatic rings. The fourth-order valence-corrected chi connectivity index (χ4v) is 1.40. The lowest BCUT2D eigenvalue weighted by Gasteiger charge is -2.10. The predicted octanol–water partition coefficient (Wildman–Crippen LogP) is 1.34. The summed E-state index contributed by atoms with van der Waals surface area (Å²) in [6.07, 6.45) is -4.47. The summed E-state index contributed by atoms with van der Waals surface area (Å²) in [4.78, 5) is 22.5. The summed E-state index contributed by atoms with van der Waals surface area (Å²) in [7, 11) is 0. The molecule has 0 spiro atoms. The molecule has 0 saturated carbocycles. The van der Waals surface area contributed by atoms with Crippen LogP contribution in [0.2, 0.25) is 0 Å². The van der Waals surface area contributed by atoms with Crippen LogP contribution in [0.15, 0.2) is 24.3 Å². The number of benzene rings is 1. The van der Waals surface area contributed by atoms with Gasteiger partial charge in [0.2, 0.25) is 5.91 Å². The molecule has 0 aromatic heterocycles.